The molecule has 0 aliphatic carbocycles. The third-order valence-electron chi connectivity index (χ3n) is 2.42. The summed E-state index contributed by atoms with van der Waals surface area (Å²) in [5.74, 6) is -0.422. The Balaban J connectivity index is 2.37. The predicted octanol–water partition coefficient (Wildman–Crippen LogP) is 4.18. The number of esters is 1. The maximum absolute atomic E-state index is 12.0. The maximum atomic E-state index is 12.0. The molecule has 1 heterocycles. The minimum Gasteiger partial charge on any atom is -0.462 e. The molecule has 0 aliphatic rings. The van der Waals surface area contributed by atoms with Crippen LogP contribution in [0, 0.1) is 0 Å². The fourth-order valence-corrected chi connectivity index (χ4v) is 3.11. The second-order valence-electron chi connectivity index (χ2n) is 3.86. The standard InChI is InChI=1S/C14H13ClN2O2S2/c1-3-19-13(18)11-8-16-14(20-2)17-12(11)21-10-6-4-5-9(15)7-10/h4-8H,3H2,1-2H3. The number of carbonyl (C=O) groups is 1. The summed E-state index contributed by atoms with van der Waals surface area (Å²) in [4.78, 5) is 21.4. The fourth-order valence-electron chi connectivity index (χ4n) is 1.52. The van der Waals surface area contributed by atoms with Crippen LogP contribution in [0.4, 0.5) is 0 Å². The molecule has 0 atom stereocenters. The molecule has 0 saturated heterocycles. The Labute approximate surface area is 136 Å². The average Bonchev–Trinajstić information content (AvgIpc) is 2.47. The summed E-state index contributed by atoms with van der Waals surface area (Å²) in [6.45, 7) is 2.07. The number of halogens is 1. The molecule has 4 nitrogen and oxygen atoms in total. The van der Waals surface area contributed by atoms with Crippen molar-refractivity contribution < 1.29 is 9.53 Å². The van der Waals surface area contributed by atoms with Crippen LogP contribution in [0.3, 0.4) is 0 Å². The van der Waals surface area contributed by atoms with Gasteiger partial charge in [-0.1, -0.05) is 41.2 Å². The van der Waals surface area contributed by atoms with E-state index in [2.05, 4.69) is 9.97 Å². The van der Waals surface area contributed by atoms with E-state index >= 15 is 0 Å². The Morgan fingerprint density at radius 3 is 2.90 bits per heavy atom. The van der Waals surface area contributed by atoms with E-state index in [-0.39, 0.29) is 0 Å². The van der Waals surface area contributed by atoms with E-state index in [0.717, 1.165) is 4.90 Å². The second kappa shape index (κ2) is 7.68. The highest BCUT2D eigenvalue weighted by Crippen LogP contribution is 2.31. The second-order valence-corrected chi connectivity index (χ2v) is 6.13. The van der Waals surface area contributed by atoms with Gasteiger partial charge in [-0.3, -0.25) is 0 Å². The van der Waals surface area contributed by atoms with Gasteiger partial charge in [-0.05, 0) is 31.4 Å². The summed E-state index contributed by atoms with van der Waals surface area (Å²) in [6.07, 6.45) is 3.39. The quantitative estimate of drug-likeness (QED) is 0.352. The maximum Gasteiger partial charge on any atom is 0.342 e. The van der Waals surface area contributed by atoms with Gasteiger partial charge in [0.05, 0.1) is 6.61 Å². The monoisotopic (exact) mass is 340 g/mol. The predicted molar refractivity (Wildman–Crippen MR) is 85.3 cm³/mol. The Bertz CT molecular complexity index is 653. The molecule has 7 heteroatoms. The van der Waals surface area contributed by atoms with Gasteiger partial charge in [0.15, 0.2) is 5.16 Å². The van der Waals surface area contributed by atoms with Crippen LogP contribution in [0.1, 0.15) is 17.3 Å². The van der Waals surface area contributed by atoms with Crippen LogP contribution in [0.2, 0.25) is 5.02 Å². The van der Waals surface area contributed by atoms with E-state index in [4.69, 9.17) is 16.3 Å². The van der Waals surface area contributed by atoms with Crippen LogP contribution in [-0.4, -0.2) is 28.8 Å². The molecule has 110 valence electrons. The third-order valence-corrected chi connectivity index (χ3v) is 4.21. The van der Waals surface area contributed by atoms with Gasteiger partial charge in [0.1, 0.15) is 10.6 Å². The van der Waals surface area contributed by atoms with Gasteiger partial charge in [0, 0.05) is 16.1 Å². The lowest BCUT2D eigenvalue weighted by atomic mass is 10.3. The van der Waals surface area contributed by atoms with E-state index in [1.807, 2.05) is 24.5 Å². The molecule has 21 heavy (non-hydrogen) atoms. The molecule has 0 saturated carbocycles. The Kier molecular flexibility index (Phi) is 5.90. The SMILES string of the molecule is CCOC(=O)c1cnc(SC)nc1Sc1cccc(Cl)c1. The highest BCUT2D eigenvalue weighted by atomic mass is 35.5. The van der Waals surface area contributed by atoms with E-state index in [9.17, 15) is 4.79 Å². The van der Waals surface area contributed by atoms with Gasteiger partial charge in [0.2, 0.25) is 0 Å². The molecule has 2 aromatic rings. The van der Waals surface area contributed by atoms with Crippen molar-refractivity contribution in [2.45, 2.75) is 22.0 Å². The van der Waals surface area contributed by atoms with Gasteiger partial charge >= 0.3 is 5.97 Å². The largest absolute Gasteiger partial charge is 0.462 e. The molecule has 1 aromatic heterocycles. The number of ether oxygens (including phenoxy) is 1. The lowest BCUT2D eigenvalue weighted by Gasteiger charge is -2.08. The molecule has 1 aromatic carbocycles. The van der Waals surface area contributed by atoms with Gasteiger partial charge in [0.25, 0.3) is 0 Å². The van der Waals surface area contributed by atoms with Crippen molar-refractivity contribution in [1.29, 1.82) is 0 Å². The van der Waals surface area contributed by atoms with Crippen molar-refractivity contribution >= 4 is 41.1 Å². The minimum absolute atomic E-state index is 0.310. The first-order valence-corrected chi connectivity index (χ1v) is 8.57. The molecule has 0 unspecified atom stereocenters. The molecule has 0 amide bonds. The first-order valence-electron chi connectivity index (χ1n) is 6.15. The van der Waals surface area contributed by atoms with Crippen LogP contribution in [-0.2, 0) is 4.74 Å². The highest BCUT2D eigenvalue weighted by molar-refractivity contribution is 7.99. The molecule has 0 fully saturated rings. The van der Waals surface area contributed by atoms with E-state index < -0.39 is 5.97 Å². The summed E-state index contributed by atoms with van der Waals surface area (Å²) in [7, 11) is 0. The molecule has 0 radical (unpaired) electrons. The first-order chi connectivity index (χ1) is 10.1. The van der Waals surface area contributed by atoms with Crippen molar-refractivity contribution in [2.75, 3.05) is 12.9 Å². The van der Waals surface area contributed by atoms with E-state index in [1.54, 1.807) is 13.0 Å². The zero-order chi connectivity index (χ0) is 15.2. The van der Waals surface area contributed by atoms with Crippen molar-refractivity contribution in [3.05, 3.63) is 41.0 Å². The van der Waals surface area contributed by atoms with Gasteiger partial charge in [-0.25, -0.2) is 14.8 Å². The van der Waals surface area contributed by atoms with E-state index in [0.29, 0.717) is 27.4 Å². The molecule has 0 aliphatic heterocycles. The minimum atomic E-state index is -0.422. The van der Waals surface area contributed by atoms with Crippen molar-refractivity contribution in [1.82, 2.24) is 9.97 Å². The molecular formula is C14H13ClN2O2S2. The molecule has 0 N–H and O–H groups in total. The number of benzene rings is 1. The fraction of sp³-hybridized carbons (Fsp3) is 0.214. The number of nitrogens with zero attached hydrogens (tertiary/aromatic N) is 2. The lowest BCUT2D eigenvalue weighted by molar-refractivity contribution is 0.0520. The summed E-state index contributed by atoms with van der Waals surface area (Å²) in [5, 5.41) is 1.81. The summed E-state index contributed by atoms with van der Waals surface area (Å²) < 4.78 is 5.04. The smallest absolute Gasteiger partial charge is 0.342 e. The topological polar surface area (TPSA) is 52.1 Å². The van der Waals surface area contributed by atoms with Gasteiger partial charge in [-0.2, -0.15) is 0 Å². The third kappa shape index (κ3) is 4.36. The lowest BCUT2D eigenvalue weighted by Crippen LogP contribution is -2.08. The normalized spacial score (nSPS) is 10.4. The molecular weight excluding hydrogens is 328 g/mol. The van der Waals surface area contributed by atoms with Gasteiger partial charge in [-0.15, -0.1) is 0 Å². The van der Waals surface area contributed by atoms with Crippen LogP contribution in [0.5, 0.6) is 0 Å². The van der Waals surface area contributed by atoms with Crippen LogP contribution in [0.25, 0.3) is 0 Å². The Morgan fingerprint density at radius 2 is 2.24 bits per heavy atom. The van der Waals surface area contributed by atoms with Crippen LogP contribution in [0.15, 0.2) is 45.5 Å². The number of aromatic nitrogens is 2. The van der Waals surface area contributed by atoms with Crippen molar-refractivity contribution in [3.8, 4) is 0 Å². The van der Waals surface area contributed by atoms with Gasteiger partial charge < -0.3 is 4.74 Å². The first kappa shape index (κ1) is 16.1. The number of thioether (sulfide) groups is 1. The summed E-state index contributed by atoms with van der Waals surface area (Å²) >= 11 is 8.76. The van der Waals surface area contributed by atoms with E-state index in [1.165, 1.54) is 29.7 Å². The molecule has 0 spiro atoms. The number of hydrogen-bond donors (Lipinski definition) is 0. The Morgan fingerprint density at radius 1 is 1.43 bits per heavy atom. The highest BCUT2D eigenvalue weighted by Gasteiger charge is 2.17. The molecule has 0 bridgehead atoms. The van der Waals surface area contributed by atoms with Crippen LogP contribution < -0.4 is 0 Å². The Hall–Kier alpha value is -1.24. The summed E-state index contributed by atoms with van der Waals surface area (Å²) in [5.41, 5.74) is 0.361. The zero-order valence-electron chi connectivity index (χ0n) is 11.5. The van der Waals surface area contributed by atoms with Crippen molar-refractivity contribution in [2.24, 2.45) is 0 Å². The number of rotatable bonds is 5. The number of hydrogen-bond acceptors (Lipinski definition) is 6. The number of carbonyl (C=O) groups excluding carboxylic acids is 1. The molecule has 2 rings (SSSR count). The van der Waals surface area contributed by atoms with Crippen LogP contribution >= 0.6 is 35.1 Å². The zero-order valence-corrected chi connectivity index (χ0v) is 13.9. The van der Waals surface area contributed by atoms with Crippen molar-refractivity contribution in [3.63, 3.8) is 0 Å². The summed E-state index contributed by atoms with van der Waals surface area (Å²) in [6, 6.07) is 7.38. The average molecular weight is 341 g/mol.